The summed E-state index contributed by atoms with van der Waals surface area (Å²) in [6, 6.07) is 20.2. The van der Waals surface area contributed by atoms with Crippen LogP contribution in [0.5, 0.6) is 0 Å². The van der Waals surface area contributed by atoms with E-state index < -0.39 is 18.1 Å². The van der Waals surface area contributed by atoms with Gasteiger partial charge in [-0.25, -0.2) is 8.42 Å². The molecule has 0 spiro atoms. The van der Waals surface area contributed by atoms with Crippen molar-refractivity contribution in [3.63, 3.8) is 0 Å². The molecule has 0 N–H and O–H groups in total. The van der Waals surface area contributed by atoms with Crippen molar-refractivity contribution in [2.75, 3.05) is 6.54 Å². The monoisotopic (exact) mass is 401 g/mol. The molecule has 2 aromatic rings. The number of hydrogen-bond donors (Lipinski definition) is 0. The van der Waals surface area contributed by atoms with Crippen LogP contribution in [0, 0.1) is 6.92 Å². The van der Waals surface area contributed by atoms with Gasteiger partial charge in [-0.2, -0.15) is 4.31 Å². The van der Waals surface area contributed by atoms with Crippen LogP contribution in [-0.2, 0) is 16.1 Å². The second-order valence-corrected chi connectivity index (χ2v) is 15.6. The fraction of sp³-hybridized carbons (Fsp3) is 0.455. The Balaban J connectivity index is 1.79. The lowest BCUT2D eigenvalue weighted by Crippen LogP contribution is -2.48. The van der Waals surface area contributed by atoms with Gasteiger partial charge in [0.25, 0.3) is 0 Å². The van der Waals surface area contributed by atoms with Gasteiger partial charge in [-0.1, -0.05) is 73.1 Å². The van der Waals surface area contributed by atoms with Crippen LogP contribution in [0.2, 0.25) is 19.1 Å². The fourth-order valence-electron chi connectivity index (χ4n) is 4.20. The van der Waals surface area contributed by atoms with Crippen molar-refractivity contribution in [3.05, 3.63) is 65.7 Å². The molecular formula is C22H31NO2SSi. The highest BCUT2D eigenvalue weighted by atomic mass is 32.2. The smallest absolute Gasteiger partial charge is 0.207 e. The third-order valence-electron chi connectivity index (χ3n) is 5.51. The Morgan fingerprint density at radius 3 is 2.33 bits per heavy atom. The lowest BCUT2D eigenvalue weighted by molar-refractivity contribution is 0.266. The van der Waals surface area contributed by atoms with Crippen molar-refractivity contribution >= 4 is 18.1 Å². The van der Waals surface area contributed by atoms with Crippen LogP contribution >= 0.6 is 0 Å². The van der Waals surface area contributed by atoms with Crippen molar-refractivity contribution < 1.29 is 8.42 Å². The molecule has 3 nitrogen and oxygen atoms in total. The first-order valence-electron chi connectivity index (χ1n) is 9.90. The minimum Gasteiger partial charge on any atom is -0.207 e. The van der Waals surface area contributed by atoms with Gasteiger partial charge in [-0.3, -0.25) is 0 Å². The highest BCUT2D eigenvalue weighted by molar-refractivity contribution is 7.89. The summed E-state index contributed by atoms with van der Waals surface area (Å²) < 4.78 is 28.4. The second kappa shape index (κ2) is 8.29. The van der Waals surface area contributed by atoms with Crippen LogP contribution < -0.4 is 0 Å². The van der Waals surface area contributed by atoms with Gasteiger partial charge in [-0.15, -0.1) is 0 Å². The van der Waals surface area contributed by atoms with Crippen LogP contribution in [0.3, 0.4) is 0 Å². The van der Waals surface area contributed by atoms with Crippen LogP contribution in [0.4, 0.5) is 0 Å². The Hall–Kier alpha value is -1.43. The Kier molecular flexibility index (Phi) is 6.24. The molecule has 0 radical (unpaired) electrons. The standard InChI is InChI=1S/C22H31NO2SSi/c1-19-12-14-22(15-13-19)26(24,25)23-16-8-7-11-21(23)18-27(2,3)17-20-9-5-4-6-10-20/h4-6,9-10,12-15,21H,7-8,11,16-18H2,1-3H3. The van der Waals surface area contributed by atoms with Crippen molar-refractivity contribution in [1.82, 2.24) is 4.31 Å². The lowest BCUT2D eigenvalue weighted by atomic mass is 10.1. The number of rotatable bonds is 6. The number of sulfonamides is 1. The predicted molar refractivity (Wildman–Crippen MR) is 115 cm³/mol. The third kappa shape index (κ3) is 5.09. The molecule has 146 valence electrons. The summed E-state index contributed by atoms with van der Waals surface area (Å²) in [5, 5.41) is 0. The van der Waals surface area contributed by atoms with Gasteiger partial charge in [0.2, 0.25) is 10.0 Å². The minimum absolute atomic E-state index is 0.135. The maximum Gasteiger partial charge on any atom is 0.243 e. The summed E-state index contributed by atoms with van der Waals surface area (Å²) in [5.74, 6) is 0. The van der Waals surface area contributed by atoms with Crippen LogP contribution in [-0.4, -0.2) is 33.4 Å². The number of benzene rings is 2. The van der Waals surface area contributed by atoms with E-state index >= 15 is 0 Å². The Bertz CT molecular complexity index is 848. The van der Waals surface area contributed by atoms with E-state index in [0.717, 1.165) is 36.9 Å². The number of hydrogen-bond acceptors (Lipinski definition) is 2. The number of nitrogens with zero attached hydrogens (tertiary/aromatic N) is 1. The first-order chi connectivity index (χ1) is 12.8. The van der Waals surface area contributed by atoms with E-state index in [2.05, 4.69) is 43.4 Å². The van der Waals surface area contributed by atoms with Crippen molar-refractivity contribution in [2.45, 2.75) is 62.3 Å². The molecule has 27 heavy (non-hydrogen) atoms. The van der Waals surface area contributed by atoms with Crippen LogP contribution in [0.15, 0.2) is 59.5 Å². The van der Waals surface area contributed by atoms with Crippen LogP contribution in [0.1, 0.15) is 30.4 Å². The highest BCUT2D eigenvalue weighted by Crippen LogP contribution is 2.31. The number of aryl methyl sites for hydroxylation is 1. The molecule has 3 rings (SSSR count). The zero-order valence-electron chi connectivity index (χ0n) is 16.7. The van der Waals surface area contributed by atoms with Gasteiger partial charge in [0.05, 0.1) is 13.0 Å². The molecule has 1 fully saturated rings. The molecule has 1 heterocycles. The SMILES string of the molecule is Cc1ccc(S(=O)(=O)N2CCCCC2C[Si](C)(C)Cc2ccccc2)cc1. The van der Waals surface area contributed by atoms with E-state index in [-0.39, 0.29) is 6.04 Å². The summed E-state index contributed by atoms with van der Waals surface area (Å²) >= 11 is 0. The fourth-order valence-corrected chi connectivity index (χ4v) is 9.21. The van der Waals surface area contributed by atoms with E-state index in [9.17, 15) is 8.42 Å². The molecule has 1 atom stereocenters. The van der Waals surface area contributed by atoms with E-state index in [0.29, 0.717) is 11.4 Å². The van der Waals surface area contributed by atoms with Crippen molar-refractivity contribution in [1.29, 1.82) is 0 Å². The van der Waals surface area contributed by atoms with E-state index in [1.807, 2.05) is 19.1 Å². The van der Waals surface area contributed by atoms with Crippen molar-refractivity contribution in [3.8, 4) is 0 Å². The zero-order chi connectivity index (χ0) is 19.5. The van der Waals surface area contributed by atoms with Gasteiger partial charge in [0, 0.05) is 12.6 Å². The third-order valence-corrected chi connectivity index (χ3v) is 10.4. The Labute approximate surface area is 165 Å². The maximum atomic E-state index is 13.3. The summed E-state index contributed by atoms with van der Waals surface area (Å²) in [6.07, 6.45) is 3.07. The van der Waals surface area contributed by atoms with E-state index in [4.69, 9.17) is 0 Å². The van der Waals surface area contributed by atoms with Gasteiger partial charge in [0.1, 0.15) is 0 Å². The van der Waals surface area contributed by atoms with Crippen molar-refractivity contribution in [2.24, 2.45) is 0 Å². The topological polar surface area (TPSA) is 37.4 Å². The van der Waals surface area contributed by atoms with E-state index in [1.54, 1.807) is 16.4 Å². The number of piperidine rings is 1. The molecule has 0 saturated carbocycles. The molecule has 0 aliphatic carbocycles. The molecule has 1 unspecified atom stereocenters. The van der Waals surface area contributed by atoms with Gasteiger partial charge in [0.15, 0.2) is 0 Å². The summed E-state index contributed by atoms with van der Waals surface area (Å²) in [5.41, 5.74) is 2.46. The molecule has 5 heteroatoms. The van der Waals surface area contributed by atoms with Crippen LogP contribution in [0.25, 0.3) is 0 Å². The summed E-state index contributed by atoms with van der Waals surface area (Å²) in [7, 11) is -4.99. The quantitative estimate of drug-likeness (QED) is 0.637. The maximum absolute atomic E-state index is 13.3. The van der Waals surface area contributed by atoms with Gasteiger partial charge < -0.3 is 0 Å². The van der Waals surface area contributed by atoms with E-state index in [1.165, 1.54) is 5.56 Å². The molecule has 0 amide bonds. The molecule has 2 aromatic carbocycles. The normalized spacial score (nSPS) is 19.1. The molecule has 0 aromatic heterocycles. The molecule has 1 aliphatic heterocycles. The average Bonchev–Trinajstić information content (AvgIpc) is 2.62. The average molecular weight is 402 g/mol. The molecule has 0 bridgehead atoms. The minimum atomic E-state index is -3.42. The first kappa shape index (κ1) is 20.3. The Morgan fingerprint density at radius 2 is 1.67 bits per heavy atom. The first-order valence-corrected chi connectivity index (χ1v) is 14.8. The lowest BCUT2D eigenvalue weighted by Gasteiger charge is -2.38. The molecular weight excluding hydrogens is 370 g/mol. The predicted octanol–water partition coefficient (Wildman–Crippen LogP) is 5.03. The molecule has 1 saturated heterocycles. The summed E-state index contributed by atoms with van der Waals surface area (Å²) in [6.45, 7) is 7.42. The van der Waals surface area contributed by atoms with Gasteiger partial charge >= 0.3 is 0 Å². The zero-order valence-corrected chi connectivity index (χ0v) is 18.5. The second-order valence-electron chi connectivity index (χ2n) is 8.61. The summed E-state index contributed by atoms with van der Waals surface area (Å²) in [4.78, 5) is 0.433. The largest absolute Gasteiger partial charge is 0.243 e. The highest BCUT2D eigenvalue weighted by Gasteiger charge is 2.37. The Morgan fingerprint density at radius 1 is 1.00 bits per heavy atom. The molecule has 1 aliphatic rings. The van der Waals surface area contributed by atoms with Gasteiger partial charge in [-0.05, 0) is 44.0 Å².